The molecule has 0 spiro atoms. The smallest absolute Gasteiger partial charge is 0.269 e. The van der Waals surface area contributed by atoms with Gasteiger partial charge in [0.05, 0.1) is 22.0 Å². The van der Waals surface area contributed by atoms with Crippen molar-refractivity contribution in [1.29, 1.82) is 0 Å². The number of phenols is 1. The number of thioether (sulfide) groups is 1. The predicted molar refractivity (Wildman–Crippen MR) is 108 cm³/mol. The highest BCUT2D eigenvalue weighted by Crippen LogP contribution is 2.32. The minimum atomic E-state index is -0.467. The molecule has 0 bridgehead atoms. The van der Waals surface area contributed by atoms with E-state index in [1.165, 1.54) is 24.3 Å². The Labute approximate surface area is 164 Å². The van der Waals surface area contributed by atoms with Gasteiger partial charge in [-0.05, 0) is 60.9 Å². The molecule has 0 amide bonds. The first-order chi connectivity index (χ1) is 13.5. The van der Waals surface area contributed by atoms with E-state index in [1.54, 1.807) is 48.2 Å². The molecule has 0 aliphatic heterocycles. The van der Waals surface area contributed by atoms with Gasteiger partial charge in [0.2, 0.25) is 0 Å². The first kappa shape index (κ1) is 19.2. The summed E-state index contributed by atoms with van der Waals surface area (Å²) in [7, 11) is 0. The van der Waals surface area contributed by atoms with E-state index in [-0.39, 0.29) is 11.4 Å². The number of phenolic OH excluding ortho intramolecular Hbond substituents is 1. The Kier molecular flexibility index (Phi) is 6.07. The molecule has 0 saturated carbocycles. The van der Waals surface area contributed by atoms with Crippen LogP contribution < -0.4 is 0 Å². The van der Waals surface area contributed by atoms with Crippen LogP contribution in [0, 0.1) is 10.1 Å². The molecule has 28 heavy (non-hydrogen) atoms. The number of nitro benzene ring substituents is 1. The van der Waals surface area contributed by atoms with Crippen LogP contribution in [-0.4, -0.2) is 16.3 Å². The van der Waals surface area contributed by atoms with Gasteiger partial charge in [-0.25, -0.2) is 0 Å². The van der Waals surface area contributed by atoms with E-state index in [4.69, 9.17) is 0 Å². The van der Waals surface area contributed by atoms with E-state index in [1.807, 2.05) is 12.3 Å². The zero-order chi connectivity index (χ0) is 19.9. The molecule has 0 unspecified atom stereocenters. The monoisotopic (exact) mass is 393 g/mol. The first-order valence-electron chi connectivity index (χ1n) is 8.10. The number of hydrogen-bond donors (Lipinski definition) is 1. The van der Waals surface area contributed by atoms with E-state index in [0.29, 0.717) is 22.7 Å². The second-order valence-electron chi connectivity index (χ2n) is 5.54. The Bertz CT molecular complexity index is 1030. The van der Waals surface area contributed by atoms with E-state index < -0.39 is 4.92 Å². The lowest BCUT2D eigenvalue weighted by Crippen LogP contribution is -1.85. The lowest BCUT2D eigenvalue weighted by atomic mass is 10.3. The molecule has 1 N–H and O–H groups in total. The summed E-state index contributed by atoms with van der Waals surface area (Å²) in [5, 5.41) is 36.8. The first-order valence-corrected chi connectivity index (χ1v) is 9.32. The Hall–Kier alpha value is -3.59. The van der Waals surface area contributed by atoms with Crippen LogP contribution in [0.4, 0.5) is 28.4 Å². The van der Waals surface area contributed by atoms with Crippen LogP contribution in [0.3, 0.4) is 0 Å². The van der Waals surface area contributed by atoms with Gasteiger partial charge in [-0.15, -0.1) is 16.9 Å². The number of non-ortho nitro benzene ring substituents is 1. The Morgan fingerprint density at radius 1 is 0.821 bits per heavy atom. The molecular formula is C19H15N5O3S. The van der Waals surface area contributed by atoms with Crippen LogP contribution >= 0.6 is 11.8 Å². The largest absolute Gasteiger partial charge is 0.506 e. The summed E-state index contributed by atoms with van der Waals surface area (Å²) in [5.41, 5.74) is 2.11. The van der Waals surface area contributed by atoms with Crippen molar-refractivity contribution >= 4 is 40.2 Å². The van der Waals surface area contributed by atoms with E-state index in [2.05, 4.69) is 20.5 Å². The van der Waals surface area contributed by atoms with Crippen molar-refractivity contribution in [2.24, 2.45) is 20.5 Å². The molecule has 3 rings (SSSR count). The molecular weight excluding hydrogens is 378 g/mol. The van der Waals surface area contributed by atoms with Gasteiger partial charge in [0, 0.05) is 17.0 Å². The maximum Gasteiger partial charge on any atom is 0.269 e. The normalized spacial score (nSPS) is 11.3. The molecule has 0 fully saturated rings. The van der Waals surface area contributed by atoms with E-state index in [0.717, 1.165) is 4.90 Å². The minimum Gasteiger partial charge on any atom is -0.506 e. The lowest BCUT2D eigenvalue weighted by molar-refractivity contribution is -0.384. The van der Waals surface area contributed by atoms with Gasteiger partial charge in [0.25, 0.3) is 5.69 Å². The van der Waals surface area contributed by atoms with Crippen LogP contribution in [0.1, 0.15) is 0 Å². The summed E-state index contributed by atoms with van der Waals surface area (Å²) in [6.07, 6.45) is 1.94. The third-order valence-corrected chi connectivity index (χ3v) is 4.37. The van der Waals surface area contributed by atoms with Crippen molar-refractivity contribution in [3.63, 3.8) is 0 Å². The van der Waals surface area contributed by atoms with Crippen molar-refractivity contribution in [1.82, 2.24) is 0 Å². The molecule has 0 atom stereocenters. The molecule has 0 aromatic heterocycles. The summed E-state index contributed by atoms with van der Waals surface area (Å²) in [5.74, 6) is 0.0649. The van der Waals surface area contributed by atoms with Crippen molar-refractivity contribution in [3.8, 4) is 5.75 Å². The van der Waals surface area contributed by atoms with Crippen molar-refractivity contribution in [2.75, 3.05) is 6.26 Å². The number of rotatable bonds is 6. The van der Waals surface area contributed by atoms with Crippen LogP contribution in [0.25, 0.3) is 0 Å². The maximum atomic E-state index is 10.6. The summed E-state index contributed by atoms with van der Waals surface area (Å²) in [6.45, 7) is 0. The number of nitrogens with zero attached hydrogens (tertiary/aromatic N) is 5. The van der Waals surface area contributed by atoms with Gasteiger partial charge in [0.15, 0.2) is 0 Å². The SMILES string of the molecule is CSc1ccc(O)c(/N=N/c2ccc(/N=N/c3ccc([N+](=O)[O-])cc3)cc2)c1. The highest BCUT2D eigenvalue weighted by molar-refractivity contribution is 7.98. The summed E-state index contributed by atoms with van der Waals surface area (Å²) in [4.78, 5) is 11.2. The highest BCUT2D eigenvalue weighted by atomic mass is 32.2. The van der Waals surface area contributed by atoms with Gasteiger partial charge in [-0.1, -0.05) is 0 Å². The summed E-state index contributed by atoms with van der Waals surface area (Å²) >= 11 is 1.55. The van der Waals surface area contributed by atoms with Gasteiger partial charge in [0.1, 0.15) is 11.4 Å². The zero-order valence-electron chi connectivity index (χ0n) is 14.8. The average molecular weight is 393 g/mol. The topological polar surface area (TPSA) is 113 Å². The number of hydrogen-bond acceptors (Lipinski definition) is 8. The Morgan fingerprint density at radius 3 is 1.82 bits per heavy atom. The molecule has 3 aromatic carbocycles. The van der Waals surface area contributed by atoms with Gasteiger partial charge >= 0.3 is 0 Å². The molecule has 140 valence electrons. The third-order valence-electron chi connectivity index (χ3n) is 3.65. The molecule has 0 saturated heterocycles. The fourth-order valence-electron chi connectivity index (χ4n) is 2.16. The fourth-order valence-corrected chi connectivity index (χ4v) is 2.60. The molecule has 3 aromatic rings. The van der Waals surface area contributed by atoms with Crippen LogP contribution in [0.5, 0.6) is 5.75 Å². The number of nitro groups is 1. The van der Waals surface area contributed by atoms with Crippen molar-refractivity contribution in [3.05, 3.63) is 76.8 Å². The van der Waals surface area contributed by atoms with Gasteiger partial charge in [-0.2, -0.15) is 15.3 Å². The Balaban J connectivity index is 1.68. The molecule has 0 radical (unpaired) electrons. The third kappa shape index (κ3) is 4.98. The maximum absolute atomic E-state index is 10.6. The average Bonchev–Trinajstić information content (AvgIpc) is 2.72. The summed E-state index contributed by atoms with van der Waals surface area (Å²) < 4.78 is 0. The van der Waals surface area contributed by atoms with Crippen LogP contribution in [0.15, 0.2) is 92.1 Å². The highest BCUT2D eigenvalue weighted by Gasteiger charge is 2.03. The van der Waals surface area contributed by atoms with Crippen LogP contribution in [0.2, 0.25) is 0 Å². The molecule has 0 aliphatic carbocycles. The van der Waals surface area contributed by atoms with E-state index >= 15 is 0 Å². The second-order valence-corrected chi connectivity index (χ2v) is 6.42. The second kappa shape index (κ2) is 8.87. The molecule has 9 heteroatoms. The summed E-state index contributed by atoms with van der Waals surface area (Å²) in [6, 6.07) is 17.9. The number of azo groups is 2. The standard InChI is InChI=1S/C19H15N5O3S/c1-28-17-10-11-19(25)18(12-17)23-22-14-4-2-13(3-5-14)20-21-15-6-8-16(9-7-15)24(26)27/h2-12,25H,1H3/b21-20+,23-22+. The quantitative estimate of drug-likeness (QED) is 0.213. The molecule has 0 aliphatic rings. The fraction of sp³-hybridized carbons (Fsp3) is 0.0526. The van der Waals surface area contributed by atoms with Gasteiger partial charge in [-0.3, -0.25) is 10.1 Å². The van der Waals surface area contributed by atoms with Gasteiger partial charge < -0.3 is 5.11 Å². The zero-order valence-corrected chi connectivity index (χ0v) is 15.6. The van der Waals surface area contributed by atoms with Crippen molar-refractivity contribution in [2.45, 2.75) is 4.90 Å². The Morgan fingerprint density at radius 2 is 1.32 bits per heavy atom. The minimum absolute atomic E-state index is 0.00256. The lowest BCUT2D eigenvalue weighted by Gasteiger charge is -2.00. The van der Waals surface area contributed by atoms with Crippen molar-refractivity contribution < 1.29 is 10.0 Å². The molecule has 8 nitrogen and oxygen atoms in total. The van der Waals surface area contributed by atoms with Crippen LogP contribution in [-0.2, 0) is 0 Å². The van der Waals surface area contributed by atoms with E-state index in [9.17, 15) is 15.2 Å². The number of aromatic hydroxyl groups is 1. The number of benzene rings is 3. The molecule has 0 heterocycles. The predicted octanol–water partition coefficient (Wildman–Crippen LogP) is 6.85.